The Kier molecular flexibility index (Phi) is 9.63. The molecule has 214 valence electrons. The van der Waals surface area contributed by atoms with Gasteiger partial charge in [0.2, 0.25) is 15.9 Å². The fraction of sp³-hybridized carbons (Fsp3) is 0.720. The van der Waals surface area contributed by atoms with Crippen molar-refractivity contribution in [2.24, 2.45) is 0 Å². The molecule has 1 unspecified atom stereocenters. The van der Waals surface area contributed by atoms with Gasteiger partial charge in [-0.05, 0) is 64.0 Å². The smallest absolute Gasteiger partial charge is 0.370 e. The average Bonchev–Trinajstić information content (AvgIpc) is 2.88. The summed E-state index contributed by atoms with van der Waals surface area (Å²) in [6.07, 6.45) is -0.402. The van der Waals surface area contributed by atoms with Crippen LogP contribution in [0, 0.1) is 0 Å². The molecular formula is C25H36ClF3N4O4S. The molecule has 3 fully saturated rings. The monoisotopic (exact) mass is 580 g/mol. The molecule has 0 bridgehead atoms. The maximum Gasteiger partial charge on any atom is 0.416 e. The van der Waals surface area contributed by atoms with Gasteiger partial charge in [-0.15, -0.1) is 0 Å². The van der Waals surface area contributed by atoms with Crippen molar-refractivity contribution in [2.45, 2.75) is 55.3 Å². The van der Waals surface area contributed by atoms with Crippen molar-refractivity contribution in [1.29, 1.82) is 0 Å². The second-order valence-corrected chi connectivity index (χ2v) is 12.6. The quantitative estimate of drug-likeness (QED) is 0.493. The van der Waals surface area contributed by atoms with Crippen LogP contribution in [0.15, 0.2) is 23.1 Å². The van der Waals surface area contributed by atoms with Crippen LogP contribution in [0.5, 0.6) is 0 Å². The number of piperidine rings is 2. The summed E-state index contributed by atoms with van der Waals surface area (Å²) in [5.41, 5.74) is -1.01. The lowest BCUT2D eigenvalue weighted by molar-refractivity contribution is -0.139. The van der Waals surface area contributed by atoms with Crippen molar-refractivity contribution in [3.05, 3.63) is 28.8 Å². The van der Waals surface area contributed by atoms with E-state index in [4.69, 9.17) is 16.3 Å². The van der Waals surface area contributed by atoms with Gasteiger partial charge in [0.25, 0.3) is 0 Å². The summed E-state index contributed by atoms with van der Waals surface area (Å²) in [6, 6.07) is 2.30. The largest absolute Gasteiger partial charge is 0.416 e. The standard InChI is InChI=1S/C25H36ClF3N4O4S/c1-30-10-7-20(8-11-30)31-12-14-32(15-13-31)24(34)18-37-17-21-4-2-3-9-33(21)38(35,36)23-6-5-19(16-22(23)26)25(27,28)29/h5-6,16,20-21H,2-4,7-15,17-18H2,1H3. The fourth-order valence-corrected chi connectivity index (χ4v) is 7.74. The summed E-state index contributed by atoms with van der Waals surface area (Å²) < 4.78 is 72.6. The van der Waals surface area contributed by atoms with Crippen molar-refractivity contribution >= 4 is 27.5 Å². The van der Waals surface area contributed by atoms with E-state index in [9.17, 15) is 26.4 Å². The molecule has 1 aromatic carbocycles. The summed E-state index contributed by atoms with van der Waals surface area (Å²) in [7, 11) is -2.01. The molecule has 3 aliphatic heterocycles. The lowest BCUT2D eigenvalue weighted by Gasteiger charge is -2.42. The van der Waals surface area contributed by atoms with Crippen LogP contribution < -0.4 is 0 Å². The van der Waals surface area contributed by atoms with E-state index in [0.29, 0.717) is 38.0 Å². The lowest BCUT2D eigenvalue weighted by Crippen LogP contribution is -2.54. The Labute approximate surface area is 227 Å². The van der Waals surface area contributed by atoms with E-state index in [1.807, 2.05) is 0 Å². The Hall–Kier alpha value is -1.44. The van der Waals surface area contributed by atoms with Gasteiger partial charge in [-0.2, -0.15) is 17.5 Å². The average molecular weight is 581 g/mol. The highest BCUT2D eigenvalue weighted by Gasteiger charge is 2.37. The number of halogens is 4. The summed E-state index contributed by atoms with van der Waals surface area (Å²) in [5.74, 6) is -0.121. The molecule has 1 amide bonds. The molecular weight excluding hydrogens is 545 g/mol. The van der Waals surface area contributed by atoms with E-state index >= 15 is 0 Å². The number of carbonyl (C=O) groups is 1. The zero-order chi connectivity index (χ0) is 27.5. The number of benzene rings is 1. The predicted molar refractivity (Wildman–Crippen MR) is 137 cm³/mol. The Morgan fingerprint density at radius 3 is 2.34 bits per heavy atom. The molecule has 0 radical (unpaired) electrons. The molecule has 3 saturated heterocycles. The third-order valence-corrected chi connectivity index (χ3v) is 10.3. The Bertz CT molecular complexity index is 1070. The Morgan fingerprint density at radius 1 is 1.03 bits per heavy atom. The number of ether oxygens (including phenoxy) is 1. The molecule has 3 heterocycles. The molecule has 13 heteroatoms. The number of piperazine rings is 1. The highest BCUT2D eigenvalue weighted by atomic mass is 35.5. The molecule has 3 aliphatic rings. The summed E-state index contributed by atoms with van der Waals surface area (Å²) in [6.45, 7) is 5.24. The second-order valence-electron chi connectivity index (χ2n) is 10.4. The van der Waals surface area contributed by atoms with E-state index in [-0.39, 0.29) is 30.6 Å². The topological polar surface area (TPSA) is 73.4 Å². The summed E-state index contributed by atoms with van der Waals surface area (Å²) in [4.78, 5) is 19.0. The van der Waals surface area contributed by atoms with Gasteiger partial charge >= 0.3 is 6.18 Å². The van der Waals surface area contributed by atoms with Crippen LogP contribution in [0.3, 0.4) is 0 Å². The summed E-state index contributed by atoms with van der Waals surface area (Å²) >= 11 is 5.99. The van der Waals surface area contributed by atoms with E-state index in [2.05, 4.69) is 16.8 Å². The third-order valence-electron chi connectivity index (χ3n) is 7.83. The fourth-order valence-electron chi connectivity index (χ4n) is 5.54. The van der Waals surface area contributed by atoms with E-state index in [0.717, 1.165) is 57.6 Å². The lowest BCUT2D eigenvalue weighted by atomic mass is 10.0. The minimum Gasteiger partial charge on any atom is -0.370 e. The second kappa shape index (κ2) is 12.4. The van der Waals surface area contributed by atoms with Gasteiger partial charge in [0.1, 0.15) is 11.5 Å². The van der Waals surface area contributed by atoms with E-state index in [1.165, 1.54) is 4.31 Å². The summed E-state index contributed by atoms with van der Waals surface area (Å²) in [5, 5.41) is -0.473. The number of nitrogens with zero attached hydrogens (tertiary/aromatic N) is 4. The highest BCUT2D eigenvalue weighted by molar-refractivity contribution is 7.89. The van der Waals surface area contributed by atoms with Crippen molar-refractivity contribution in [2.75, 3.05) is 66.1 Å². The van der Waals surface area contributed by atoms with Gasteiger partial charge in [-0.1, -0.05) is 18.0 Å². The first-order valence-corrected chi connectivity index (χ1v) is 15.0. The van der Waals surface area contributed by atoms with Gasteiger partial charge < -0.3 is 14.5 Å². The molecule has 0 aliphatic carbocycles. The molecule has 1 aromatic rings. The normalized spacial score (nSPS) is 23.6. The Balaban J connectivity index is 1.29. The number of likely N-dealkylation sites (tertiary alicyclic amines) is 1. The molecule has 4 rings (SSSR count). The highest BCUT2D eigenvalue weighted by Crippen LogP contribution is 2.35. The van der Waals surface area contributed by atoms with Crippen LogP contribution in [-0.2, 0) is 25.7 Å². The molecule has 0 saturated carbocycles. The molecule has 38 heavy (non-hydrogen) atoms. The van der Waals surface area contributed by atoms with Gasteiger partial charge in [0.15, 0.2) is 0 Å². The number of carbonyl (C=O) groups excluding carboxylic acids is 1. The SMILES string of the molecule is CN1CCC(N2CCN(C(=O)COCC3CCCCN3S(=O)(=O)c3ccc(C(F)(F)F)cc3Cl)CC2)CC1. The van der Waals surface area contributed by atoms with Crippen LogP contribution in [0.25, 0.3) is 0 Å². The first-order valence-electron chi connectivity index (χ1n) is 13.1. The maximum atomic E-state index is 13.3. The van der Waals surface area contributed by atoms with Gasteiger partial charge in [-0.25, -0.2) is 8.42 Å². The number of rotatable bonds is 7. The third kappa shape index (κ3) is 7.00. The molecule has 0 spiro atoms. The van der Waals surface area contributed by atoms with E-state index in [1.54, 1.807) is 4.90 Å². The number of sulfonamides is 1. The van der Waals surface area contributed by atoms with Crippen LogP contribution in [-0.4, -0.2) is 111 Å². The first kappa shape index (κ1) is 29.5. The van der Waals surface area contributed by atoms with Crippen LogP contribution in [0.1, 0.15) is 37.7 Å². The first-order chi connectivity index (χ1) is 18.0. The van der Waals surface area contributed by atoms with Gasteiger partial charge in [0.05, 0.1) is 17.2 Å². The number of hydrogen-bond donors (Lipinski definition) is 0. The zero-order valence-corrected chi connectivity index (χ0v) is 23.2. The number of amides is 1. The number of hydrogen-bond acceptors (Lipinski definition) is 6. The zero-order valence-electron chi connectivity index (χ0n) is 21.6. The maximum absolute atomic E-state index is 13.3. The molecule has 0 aromatic heterocycles. The molecule has 0 N–H and O–H groups in total. The molecule has 8 nitrogen and oxygen atoms in total. The van der Waals surface area contributed by atoms with Crippen molar-refractivity contribution in [3.8, 4) is 0 Å². The van der Waals surface area contributed by atoms with Crippen LogP contribution in [0.4, 0.5) is 13.2 Å². The molecule has 1 atom stereocenters. The minimum atomic E-state index is -4.63. The van der Waals surface area contributed by atoms with Crippen molar-refractivity contribution in [3.63, 3.8) is 0 Å². The minimum absolute atomic E-state index is 0.0266. The predicted octanol–water partition coefficient (Wildman–Crippen LogP) is 3.16. The van der Waals surface area contributed by atoms with Gasteiger partial charge in [-0.3, -0.25) is 9.69 Å². The number of alkyl halides is 3. The van der Waals surface area contributed by atoms with Crippen molar-refractivity contribution in [1.82, 2.24) is 19.0 Å². The van der Waals surface area contributed by atoms with Crippen LogP contribution >= 0.6 is 11.6 Å². The Morgan fingerprint density at radius 2 is 1.71 bits per heavy atom. The van der Waals surface area contributed by atoms with E-state index < -0.39 is 32.8 Å². The van der Waals surface area contributed by atoms with Crippen LogP contribution in [0.2, 0.25) is 5.02 Å². The van der Waals surface area contributed by atoms with Gasteiger partial charge in [0, 0.05) is 44.8 Å². The van der Waals surface area contributed by atoms with Crippen molar-refractivity contribution < 1.29 is 31.1 Å².